The van der Waals surface area contributed by atoms with Crippen LogP contribution in [0.4, 0.5) is 30.7 Å². The van der Waals surface area contributed by atoms with E-state index < -0.39 is 134 Å². The molecular weight excluding hydrogens is 959 g/mol. The van der Waals surface area contributed by atoms with Crippen molar-refractivity contribution in [2.45, 2.75) is 67.0 Å². The molecule has 3 aromatic carbocycles. The number of carbonyl (C=O) groups is 5. The Morgan fingerprint density at radius 1 is 0.694 bits per heavy atom. The molecule has 28 heteroatoms. The van der Waals surface area contributed by atoms with Gasteiger partial charge >= 0.3 is 44.3 Å². The number of aliphatic carboxylic acids is 1. The number of primary amides is 1. The number of alkyl halides is 7. The van der Waals surface area contributed by atoms with Gasteiger partial charge in [0.1, 0.15) is 18.1 Å². The number of hydrogen-bond donors (Lipinski definition) is 9. The van der Waals surface area contributed by atoms with Crippen molar-refractivity contribution in [3.8, 4) is 0 Å². The summed E-state index contributed by atoms with van der Waals surface area (Å²) in [5.41, 5.74) is -10.2. The Bertz CT molecular complexity index is 2360. The van der Waals surface area contributed by atoms with Crippen LogP contribution >= 0.6 is 31.1 Å². The van der Waals surface area contributed by atoms with E-state index >= 15 is 0 Å². The molecule has 0 unspecified atom stereocenters. The molecule has 0 aliphatic carbocycles. The summed E-state index contributed by atoms with van der Waals surface area (Å²) < 4.78 is 121. The Morgan fingerprint density at radius 2 is 1.13 bits per heavy atom. The lowest BCUT2D eigenvalue weighted by Crippen LogP contribution is -2.57. The van der Waals surface area contributed by atoms with Gasteiger partial charge in [0.05, 0.1) is 0 Å². The van der Waals surface area contributed by atoms with Crippen molar-refractivity contribution >= 4 is 60.7 Å². The lowest BCUT2D eigenvalue weighted by Gasteiger charge is -2.25. The van der Waals surface area contributed by atoms with E-state index in [1.165, 1.54) is 0 Å². The summed E-state index contributed by atoms with van der Waals surface area (Å²) in [6, 6.07) is 3.34. The third-order valence-electron chi connectivity index (χ3n) is 9.03. The first-order valence-corrected chi connectivity index (χ1v) is 21.2. The average Bonchev–Trinajstić information content (AvgIpc) is 3.98. The fourth-order valence-electron chi connectivity index (χ4n) is 5.61. The number of carboxylic acids is 1. The predicted octanol–water partition coefficient (Wildman–Crippen LogP) is 3.99. The molecule has 0 aromatic heterocycles. The second-order valence-electron chi connectivity index (χ2n) is 13.6. The maximum atomic E-state index is 14.4. The molecule has 1 aliphatic rings. The van der Waals surface area contributed by atoms with Crippen molar-refractivity contribution < 1.29 is 88.5 Å². The van der Waals surface area contributed by atoms with Gasteiger partial charge in [-0.1, -0.05) is 64.5 Å². The number of nitrogens with one attached hydrogen (secondary N) is 3. The number of nitrogens with zero attached hydrogens (tertiary/aromatic N) is 2. The van der Waals surface area contributed by atoms with Gasteiger partial charge in [-0.05, 0) is 35.7 Å². The van der Waals surface area contributed by atoms with Gasteiger partial charge in [-0.2, -0.15) is 30.7 Å². The first-order valence-electron chi connectivity index (χ1n) is 17.2. The molecule has 3 aromatic rings. The molecule has 0 radical (unpaired) electrons. The molecule has 10 N–H and O–H groups in total. The minimum absolute atomic E-state index is 0.00106. The normalized spacial score (nSPS) is 15.5. The summed E-state index contributed by atoms with van der Waals surface area (Å²) in [5.74, 6) is -6.55. The van der Waals surface area contributed by atoms with Crippen LogP contribution in [-0.2, 0) is 58.1 Å². The largest absolute Gasteiger partial charge is 0.481 e. The third-order valence-corrected chi connectivity index (χ3v) is 11.5. The molecule has 0 fully saturated rings. The SMILES string of the molecule is NC(=O)[C@H](Cc1ccc(C(F)(F)P(=O)(O)O)cc1)NC(=O)[C@H](Cc1ccc(C(F)(F)P(=O)(O)O)cc1)NC(=O)[C@H](CCC(=O)O)NC(=O)c1cc(Br)cc(C2(C(F)(F)F)N=N2)c1. The average molecular weight is 991 g/mol. The van der Waals surface area contributed by atoms with Crippen molar-refractivity contribution in [1.29, 1.82) is 0 Å². The standard InChI is InChI=1S/C34H32BrF7N6O12P2/c35-22-14-18(13-21(15-22)31(47-48-31)34(40,41)42)28(52)44-23(9-10-26(49)50)29(53)46-25(12-17-3-7-20(8-4-17)33(38,39)62(58,59)60)30(54)45-24(27(43)51)11-16-1-5-19(6-2-16)32(36,37)61(55,56)57/h1-8,13-15,23-25H,9-12H2,(H2,43,51)(H,44,52)(H,45,54)(H,46,53)(H,49,50)(H2,55,56,57)(H2,58,59,60)/t23-,24-,25-/m0/s1. The Kier molecular flexibility index (Phi) is 14.6. The zero-order valence-electron chi connectivity index (χ0n) is 30.9. The van der Waals surface area contributed by atoms with Crippen molar-refractivity contribution in [3.63, 3.8) is 0 Å². The van der Waals surface area contributed by atoms with E-state index in [0.717, 1.165) is 42.5 Å². The number of carboxylic acid groups (broad SMARTS) is 1. The van der Waals surface area contributed by atoms with E-state index in [2.05, 4.69) is 42.1 Å². The van der Waals surface area contributed by atoms with Gasteiger partial charge in [0.25, 0.3) is 5.91 Å². The number of hydrogen-bond acceptors (Lipinski definition) is 9. The van der Waals surface area contributed by atoms with Gasteiger partial charge in [0.15, 0.2) is 0 Å². The van der Waals surface area contributed by atoms with Crippen LogP contribution in [0.25, 0.3) is 0 Å². The van der Waals surface area contributed by atoms with E-state index in [4.69, 9.17) is 25.3 Å². The van der Waals surface area contributed by atoms with Crippen LogP contribution in [0, 0.1) is 0 Å². The number of rotatable bonds is 19. The van der Waals surface area contributed by atoms with Crippen LogP contribution in [-0.4, -0.2) is 78.6 Å². The highest BCUT2D eigenvalue weighted by molar-refractivity contribution is 9.10. The van der Waals surface area contributed by atoms with Gasteiger partial charge < -0.3 is 46.4 Å². The molecule has 1 aliphatic heterocycles. The van der Waals surface area contributed by atoms with E-state index in [1.807, 2.05) is 0 Å². The second kappa shape index (κ2) is 18.3. The Morgan fingerprint density at radius 3 is 1.53 bits per heavy atom. The molecule has 0 saturated heterocycles. The van der Waals surface area contributed by atoms with E-state index in [9.17, 15) is 68.9 Å². The lowest BCUT2D eigenvalue weighted by molar-refractivity contribution is -0.166. The number of amides is 4. The topological polar surface area (TPSA) is 307 Å². The van der Waals surface area contributed by atoms with Crippen LogP contribution in [0.5, 0.6) is 0 Å². The highest BCUT2D eigenvalue weighted by Crippen LogP contribution is 2.60. The number of carbonyl (C=O) groups excluding carboxylic acids is 4. The molecular formula is C34H32BrF7N6O12P2. The molecule has 3 atom stereocenters. The molecule has 62 heavy (non-hydrogen) atoms. The van der Waals surface area contributed by atoms with Gasteiger partial charge in [0.2, 0.25) is 17.7 Å². The van der Waals surface area contributed by atoms with Gasteiger partial charge in [-0.3, -0.25) is 33.1 Å². The molecule has 4 rings (SSSR count). The Hall–Kier alpha value is -5.10. The lowest BCUT2D eigenvalue weighted by atomic mass is 9.99. The zero-order valence-corrected chi connectivity index (χ0v) is 34.3. The zero-order chi connectivity index (χ0) is 46.8. The first kappa shape index (κ1) is 49.6. The van der Waals surface area contributed by atoms with Gasteiger partial charge in [0, 0.05) is 46.0 Å². The van der Waals surface area contributed by atoms with Crippen LogP contribution in [0.2, 0.25) is 0 Å². The Balaban J connectivity index is 1.65. The van der Waals surface area contributed by atoms with Gasteiger partial charge in [-0.15, -0.1) is 10.2 Å². The summed E-state index contributed by atoms with van der Waals surface area (Å²) in [6.45, 7) is 0. The van der Waals surface area contributed by atoms with Crippen molar-refractivity contribution in [2.24, 2.45) is 16.0 Å². The van der Waals surface area contributed by atoms with E-state index in [-0.39, 0.29) is 15.6 Å². The molecule has 0 bridgehead atoms. The van der Waals surface area contributed by atoms with E-state index in [1.54, 1.807) is 0 Å². The van der Waals surface area contributed by atoms with Crippen LogP contribution in [0.1, 0.15) is 51.0 Å². The molecule has 18 nitrogen and oxygen atoms in total. The summed E-state index contributed by atoms with van der Waals surface area (Å²) in [5, 5.41) is 22.1. The highest BCUT2D eigenvalue weighted by atomic mass is 79.9. The number of halogens is 8. The second-order valence-corrected chi connectivity index (χ2v) is 17.8. The summed E-state index contributed by atoms with van der Waals surface area (Å²) in [6.07, 6.45) is -7.76. The van der Waals surface area contributed by atoms with E-state index in [0.29, 0.717) is 24.3 Å². The minimum Gasteiger partial charge on any atom is -0.481 e. The highest BCUT2D eigenvalue weighted by Gasteiger charge is 2.65. The van der Waals surface area contributed by atoms with Crippen LogP contribution in [0.3, 0.4) is 0 Å². The molecule has 0 saturated carbocycles. The molecule has 0 spiro atoms. The maximum absolute atomic E-state index is 14.4. The molecule has 336 valence electrons. The summed E-state index contributed by atoms with van der Waals surface area (Å²) in [7, 11) is -12.0. The fraction of sp³-hybridized carbons (Fsp3) is 0.324. The van der Waals surface area contributed by atoms with Crippen molar-refractivity contribution in [3.05, 3.63) is 105 Å². The molecule has 1 heterocycles. The van der Waals surface area contributed by atoms with Gasteiger partial charge in [-0.25, -0.2) is 0 Å². The third kappa shape index (κ3) is 11.5. The number of nitrogens with two attached hydrogens (primary N) is 1. The van der Waals surface area contributed by atoms with Crippen molar-refractivity contribution in [1.82, 2.24) is 16.0 Å². The first-order chi connectivity index (χ1) is 28.4. The van der Waals surface area contributed by atoms with Crippen molar-refractivity contribution in [2.75, 3.05) is 0 Å². The molecule has 4 amide bonds. The minimum atomic E-state index is -6.03. The predicted molar refractivity (Wildman–Crippen MR) is 200 cm³/mol. The summed E-state index contributed by atoms with van der Waals surface area (Å²) >= 11 is 2.98. The number of benzene rings is 3. The summed E-state index contributed by atoms with van der Waals surface area (Å²) in [4.78, 5) is 101. The fourth-order valence-corrected chi connectivity index (χ4v) is 7.07. The van der Waals surface area contributed by atoms with Crippen LogP contribution in [0.15, 0.2) is 81.4 Å². The monoisotopic (exact) mass is 990 g/mol. The maximum Gasteiger partial charge on any atom is 0.442 e. The quantitative estimate of drug-likeness (QED) is 0.0609. The van der Waals surface area contributed by atoms with Crippen LogP contribution < -0.4 is 21.7 Å². The smallest absolute Gasteiger partial charge is 0.442 e. The Labute approximate surface area is 352 Å².